The van der Waals surface area contributed by atoms with Gasteiger partial charge in [-0.05, 0) is 44.0 Å². The maximum atomic E-state index is 13.1. The topological polar surface area (TPSA) is 53.2 Å². The molecule has 110 valence electrons. The van der Waals surface area contributed by atoms with Gasteiger partial charge in [-0.3, -0.25) is 4.79 Å². The highest BCUT2D eigenvalue weighted by Gasteiger charge is 2.28. The fraction of sp³-hybridized carbons (Fsp3) is 0.533. The van der Waals surface area contributed by atoms with Gasteiger partial charge in [-0.15, -0.1) is 0 Å². The van der Waals surface area contributed by atoms with E-state index < -0.39 is 0 Å². The van der Waals surface area contributed by atoms with Gasteiger partial charge in [-0.2, -0.15) is 0 Å². The van der Waals surface area contributed by atoms with Crippen LogP contribution in [0.3, 0.4) is 0 Å². The number of nitrogens with one attached hydrogen (secondary N) is 3. The molecule has 2 rings (SSSR count). The van der Waals surface area contributed by atoms with Crippen molar-refractivity contribution in [2.75, 3.05) is 19.6 Å². The van der Waals surface area contributed by atoms with Gasteiger partial charge in [0.25, 0.3) is 0 Å². The van der Waals surface area contributed by atoms with Crippen LogP contribution in [0.1, 0.15) is 24.5 Å². The predicted molar refractivity (Wildman–Crippen MR) is 76.9 cm³/mol. The fourth-order valence-electron chi connectivity index (χ4n) is 2.34. The van der Waals surface area contributed by atoms with Crippen LogP contribution in [0.2, 0.25) is 0 Å². The van der Waals surface area contributed by atoms with Gasteiger partial charge in [0.05, 0.1) is 6.54 Å². The number of carbonyl (C=O) groups excluding carboxylic acids is 1. The van der Waals surface area contributed by atoms with E-state index in [9.17, 15) is 9.18 Å². The van der Waals surface area contributed by atoms with Gasteiger partial charge >= 0.3 is 0 Å². The number of halogens is 1. The number of benzene rings is 1. The van der Waals surface area contributed by atoms with Crippen molar-refractivity contribution in [1.82, 2.24) is 16.0 Å². The minimum absolute atomic E-state index is 0.00377. The summed E-state index contributed by atoms with van der Waals surface area (Å²) in [5.74, 6) is -0.261. The molecule has 0 bridgehead atoms. The first-order valence-corrected chi connectivity index (χ1v) is 6.96. The summed E-state index contributed by atoms with van der Waals surface area (Å²) in [6.45, 7) is 6.44. The molecule has 3 N–H and O–H groups in total. The van der Waals surface area contributed by atoms with Crippen molar-refractivity contribution in [2.45, 2.75) is 32.4 Å². The lowest BCUT2D eigenvalue weighted by Gasteiger charge is -2.24. The molecule has 1 aliphatic rings. The molecule has 4 nitrogen and oxygen atoms in total. The van der Waals surface area contributed by atoms with Crippen LogP contribution in [0.15, 0.2) is 18.2 Å². The summed E-state index contributed by atoms with van der Waals surface area (Å²) in [7, 11) is 0. The molecular weight excluding hydrogens is 257 g/mol. The van der Waals surface area contributed by atoms with Crippen molar-refractivity contribution in [3.63, 3.8) is 0 Å². The van der Waals surface area contributed by atoms with E-state index in [0.717, 1.165) is 25.1 Å². The molecule has 0 aliphatic carbocycles. The summed E-state index contributed by atoms with van der Waals surface area (Å²) in [6, 6.07) is 4.88. The summed E-state index contributed by atoms with van der Waals surface area (Å²) in [5.41, 5.74) is 1.51. The summed E-state index contributed by atoms with van der Waals surface area (Å²) >= 11 is 0. The molecule has 1 fully saturated rings. The maximum Gasteiger partial charge on any atom is 0.234 e. The van der Waals surface area contributed by atoms with E-state index in [1.165, 1.54) is 6.07 Å². The molecule has 1 unspecified atom stereocenters. The van der Waals surface area contributed by atoms with E-state index in [4.69, 9.17) is 0 Å². The average molecular weight is 279 g/mol. The number of hydrogen-bond donors (Lipinski definition) is 3. The van der Waals surface area contributed by atoms with Gasteiger partial charge < -0.3 is 16.0 Å². The fourth-order valence-corrected chi connectivity index (χ4v) is 2.34. The molecule has 1 heterocycles. The predicted octanol–water partition coefficient (Wildman–Crippen LogP) is 1.09. The zero-order valence-corrected chi connectivity index (χ0v) is 12.1. The van der Waals surface area contributed by atoms with Gasteiger partial charge in [0.2, 0.25) is 5.91 Å². The summed E-state index contributed by atoms with van der Waals surface area (Å²) in [5, 5.41) is 9.40. The Morgan fingerprint density at radius 1 is 1.50 bits per heavy atom. The van der Waals surface area contributed by atoms with Gasteiger partial charge in [0, 0.05) is 18.6 Å². The Hall–Kier alpha value is -1.46. The zero-order chi connectivity index (χ0) is 14.6. The van der Waals surface area contributed by atoms with E-state index in [-0.39, 0.29) is 17.3 Å². The summed E-state index contributed by atoms with van der Waals surface area (Å²) in [4.78, 5) is 11.8. The van der Waals surface area contributed by atoms with Crippen LogP contribution in [0.4, 0.5) is 4.39 Å². The third-order valence-electron chi connectivity index (χ3n) is 3.76. The minimum Gasteiger partial charge on any atom is -0.351 e. The Kier molecular flexibility index (Phi) is 4.73. The van der Waals surface area contributed by atoms with Crippen LogP contribution < -0.4 is 16.0 Å². The number of aryl methyl sites for hydroxylation is 1. The molecule has 1 aliphatic heterocycles. The lowest BCUT2D eigenvalue weighted by atomic mass is 10.0. The normalized spacial score (nSPS) is 21.9. The van der Waals surface area contributed by atoms with Crippen molar-refractivity contribution < 1.29 is 9.18 Å². The molecule has 1 aromatic rings. The highest BCUT2D eigenvalue weighted by molar-refractivity contribution is 5.78. The first kappa shape index (κ1) is 14.9. The quantitative estimate of drug-likeness (QED) is 0.756. The number of hydrogen-bond acceptors (Lipinski definition) is 3. The van der Waals surface area contributed by atoms with Crippen LogP contribution in [0.25, 0.3) is 0 Å². The Morgan fingerprint density at radius 2 is 2.30 bits per heavy atom. The average Bonchev–Trinajstić information content (AvgIpc) is 2.85. The number of carbonyl (C=O) groups is 1. The smallest absolute Gasteiger partial charge is 0.234 e. The SMILES string of the molecule is Cc1cc(CNC(=O)CNC2(C)CCNC2)ccc1F. The lowest BCUT2D eigenvalue weighted by molar-refractivity contribution is -0.120. The third-order valence-corrected chi connectivity index (χ3v) is 3.76. The molecule has 0 radical (unpaired) electrons. The molecular formula is C15H22FN3O. The second-order valence-electron chi connectivity index (χ2n) is 5.70. The molecule has 0 saturated carbocycles. The Morgan fingerprint density at radius 3 is 2.95 bits per heavy atom. The van der Waals surface area contributed by atoms with Crippen LogP contribution >= 0.6 is 0 Å². The molecule has 1 aromatic carbocycles. The molecule has 1 atom stereocenters. The zero-order valence-electron chi connectivity index (χ0n) is 12.1. The molecule has 20 heavy (non-hydrogen) atoms. The van der Waals surface area contributed by atoms with Gasteiger partial charge in [0.15, 0.2) is 0 Å². The van der Waals surface area contributed by atoms with Crippen LogP contribution in [-0.4, -0.2) is 31.1 Å². The molecule has 0 aromatic heterocycles. The third kappa shape index (κ3) is 4.02. The summed E-state index contributed by atoms with van der Waals surface area (Å²) in [6.07, 6.45) is 1.03. The molecule has 1 saturated heterocycles. The number of amides is 1. The molecule has 5 heteroatoms. The largest absolute Gasteiger partial charge is 0.351 e. The van der Waals surface area contributed by atoms with Gasteiger partial charge in [0.1, 0.15) is 5.82 Å². The van der Waals surface area contributed by atoms with Crippen molar-refractivity contribution >= 4 is 5.91 Å². The van der Waals surface area contributed by atoms with Crippen LogP contribution in [0, 0.1) is 12.7 Å². The van der Waals surface area contributed by atoms with E-state index in [0.29, 0.717) is 18.7 Å². The lowest BCUT2D eigenvalue weighted by Crippen LogP contribution is -2.48. The van der Waals surface area contributed by atoms with Crippen LogP contribution in [0.5, 0.6) is 0 Å². The van der Waals surface area contributed by atoms with Crippen molar-refractivity contribution in [3.8, 4) is 0 Å². The standard InChI is InChI=1S/C15H22FN3O/c1-11-7-12(3-4-13(11)16)8-18-14(20)9-19-15(2)5-6-17-10-15/h3-4,7,17,19H,5-6,8-10H2,1-2H3,(H,18,20). The van der Waals surface area contributed by atoms with E-state index in [1.54, 1.807) is 19.1 Å². The van der Waals surface area contributed by atoms with E-state index in [1.807, 2.05) is 0 Å². The van der Waals surface area contributed by atoms with E-state index >= 15 is 0 Å². The first-order chi connectivity index (χ1) is 9.48. The molecule has 0 spiro atoms. The van der Waals surface area contributed by atoms with Gasteiger partial charge in [-0.25, -0.2) is 4.39 Å². The van der Waals surface area contributed by atoms with Gasteiger partial charge in [-0.1, -0.05) is 12.1 Å². The van der Waals surface area contributed by atoms with Crippen molar-refractivity contribution in [2.24, 2.45) is 0 Å². The Labute approximate surface area is 119 Å². The first-order valence-electron chi connectivity index (χ1n) is 6.96. The monoisotopic (exact) mass is 279 g/mol. The highest BCUT2D eigenvalue weighted by Crippen LogP contribution is 2.12. The maximum absolute atomic E-state index is 13.1. The van der Waals surface area contributed by atoms with Crippen molar-refractivity contribution in [3.05, 3.63) is 35.1 Å². The molecule has 1 amide bonds. The highest BCUT2D eigenvalue weighted by atomic mass is 19.1. The minimum atomic E-state index is -0.219. The summed E-state index contributed by atoms with van der Waals surface area (Å²) < 4.78 is 13.1. The second kappa shape index (κ2) is 6.33. The second-order valence-corrected chi connectivity index (χ2v) is 5.70. The Balaban J connectivity index is 1.76. The number of rotatable bonds is 5. The van der Waals surface area contributed by atoms with Crippen molar-refractivity contribution in [1.29, 1.82) is 0 Å². The van der Waals surface area contributed by atoms with Crippen LogP contribution in [-0.2, 0) is 11.3 Å². The Bertz CT molecular complexity index is 484. The van der Waals surface area contributed by atoms with E-state index in [2.05, 4.69) is 22.9 Å².